The summed E-state index contributed by atoms with van der Waals surface area (Å²) in [7, 11) is 0. The summed E-state index contributed by atoms with van der Waals surface area (Å²) in [5, 5.41) is 18.2. The van der Waals surface area contributed by atoms with Crippen LogP contribution in [0.25, 0.3) is 0 Å². The number of unbranched alkanes of at least 4 members (excludes halogenated alkanes) is 5. The molecule has 0 heterocycles. The molecule has 4 heteroatoms. The Morgan fingerprint density at radius 3 is 2.20 bits per heavy atom. The predicted octanol–water partition coefficient (Wildman–Crippen LogP) is 5.09. The van der Waals surface area contributed by atoms with E-state index < -0.39 is 17.9 Å². The van der Waals surface area contributed by atoms with Crippen molar-refractivity contribution in [1.29, 1.82) is 0 Å². The molecule has 0 saturated carbocycles. The van der Waals surface area contributed by atoms with Crippen LogP contribution < -0.4 is 0 Å². The van der Waals surface area contributed by atoms with Gasteiger partial charge in [-0.05, 0) is 43.2 Å². The lowest BCUT2D eigenvalue weighted by Gasteiger charge is -2.15. The second-order valence-corrected chi connectivity index (χ2v) is 6.81. The van der Waals surface area contributed by atoms with Gasteiger partial charge in [0.05, 0.1) is 5.92 Å². The summed E-state index contributed by atoms with van der Waals surface area (Å²) in [5.41, 5.74) is 2.33. The lowest BCUT2D eigenvalue weighted by atomic mass is 9.90. The van der Waals surface area contributed by atoms with Crippen LogP contribution in [0.5, 0.6) is 0 Å². The summed E-state index contributed by atoms with van der Waals surface area (Å²) in [6.07, 6.45) is 9.79. The first kappa shape index (κ1) is 21.2. The fourth-order valence-electron chi connectivity index (χ4n) is 3.17. The highest BCUT2D eigenvalue weighted by Gasteiger charge is 2.19. The summed E-state index contributed by atoms with van der Waals surface area (Å²) in [6.45, 7) is 2.21. The first-order valence-electron chi connectivity index (χ1n) is 9.56. The van der Waals surface area contributed by atoms with Crippen LogP contribution in [0.1, 0.15) is 75.8 Å². The number of aliphatic carboxylic acids is 2. The number of hydrogen-bond donors (Lipinski definition) is 2. The lowest BCUT2D eigenvalue weighted by molar-refractivity contribution is -0.143. The minimum Gasteiger partial charge on any atom is -0.481 e. The SMILES string of the molecule is CCCCCCCCc1ccccc1CC(CCCC(=O)O)C(=O)O. The molecule has 0 aliphatic heterocycles. The smallest absolute Gasteiger partial charge is 0.306 e. The molecule has 0 amide bonds. The summed E-state index contributed by atoms with van der Waals surface area (Å²) < 4.78 is 0. The number of aryl methyl sites for hydroxylation is 1. The maximum absolute atomic E-state index is 11.5. The Bertz CT molecular complexity index is 524. The number of carboxylic acids is 2. The van der Waals surface area contributed by atoms with Crippen LogP contribution in [-0.2, 0) is 22.4 Å². The van der Waals surface area contributed by atoms with Gasteiger partial charge in [-0.25, -0.2) is 0 Å². The van der Waals surface area contributed by atoms with Crippen LogP contribution >= 0.6 is 0 Å². The summed E-state index contributed by atoms with van der Waals surface area (Å²) in [5.74, 6) is -2.21. The minimum atomic E-state index is -0.868. The standard InChI is InChI=1S/C21H32O4/c1-2-3-4-5-6-7-11-17-12-8-9-13-18(17)16-19(21(24)25)14-10-15-20(22)23/h8-9,12-13,19H,2-7,10-11,14-16H2,1H3,(H,22,23)(H,24,25). The highest BCUT2D eigenvalue weighted by atomic mass is 16.4. The molecule has 1 aromatic rings. The number of rotatable bonds is 14. The monoisotopic (exact) mass is 348 g/mol. The van der Waals surface area contributed by atoms with Crippen molar-refractivity contribution in [3.63, 3.8) is 0 Å². The van der Waals surface area contributed by atoms with Gasteiger partial charge in [-0.1, -0.05) is 63.3 Å². The fourth-order valence-corrected chi connectivity index (χ4v) is 3.17. The lowest BCUT2D eigenvalue weighted by Crippen LogP contribution is -2.17. The normalized spacial score (nSPS) is 12.0. The molecule has 1 unspecified atom stereocenters. The molecule has 0 fully saturated rings. The molecule has 140 valence electrons. The Labute approximate surface area is 151 Å². The van der Waals surface area contributed by atoms with Crippen molar-refractivity contribution in [2.24, 2.45) is 5.92 Å². The van der Waals surface area contributed by atoms with Gasteiger partial charge in [0.2, 0.25) is 0 Å². The van der Waals surface area contributed by atoms with Crippen LogP contribution in [0.15, 0.2) is 24.3 Å². The van der Waals surface area contributed by atoms with E-state index in [0.717, 1.165) is 18.4 Å². The zero-order valence-electron chi connectivity index (χ0n) is 15.4. The molecule has 0 aliphatic carbocycles. The Kier molecular flexibility index (Phi) is 10.6. The molecule has 0 spiro atoms. The number of carbonyl (C=O) groups is 2. The van der Waals surface area contributed by atoms with Crippen LogP contribution in [-0.4, -0.2) is 22.2 Å². The summed E-state index contributed by atoms with van der Waals surface area (Å²) in [4.78, 5) is 22.1. The van der Waals surface area contributed by atoms with Crippen molar-refractivity contribution in [2.75, 3.05) is 0 Å². The fraction of sp³-hybridized carbons (Fsp3) is 0.619. The number of carboxylic acid groups (broad SMARTS) is 2. The third-order valence-corrected chi connectivity index (χ3v) is 4.68. The maximum Gasteiger partial charge on any atom is 0.306 e. The van der Waals surface area contributed by atoms with E-state index in [-0.39, 0.29) is 6.42 Å². The van der Waals surface area contributed by atoms with Gasteiger partial charge in [0, 0.05) is 6.42 Å². The van der Waals surface area contributed by atoms with E-state index >= 15 is 0 Å². The maximum atomic E-state index is 11.5. The highest BCUT2D eigenvalue weighted by Crippen LogP contribution is 2.21. The average molecular weight is 348 g/mol. The molecular weight excluding hydrogens is 316 g/mol. The van der Waals surface area contributed by atoms with Gasteiger partial charge in [-0.15, -0.1) is 0 Å². The molecule has 0 saturated heterocycles. The molecule has 2 N–H and O–H groups in total. The van der Waals surface area contributed by atoms with E-state index in [4.69, 9.17) is 5.11 Å². The molecule has 0 aromatic heterocycles. The first-order valence-corrected chi connectivity index (χ1v) is 9.56. The summed E-state index contributed by atoms with van der Waals surface area (Å²) in [6, 6.07) is 8.07. The van der Waals surface area contributed by atoms with Gasteiger partial charge >= 0.3 is 11.9 Å². The Hall–Kier alpha value is -1.84. The zero-order chi connectivity index (χ0) is 18.5. The van der Waals surface area contributed by atoms with Crippen LogP contribution in [0.2, 0.25) is 0 Å². The first-order chi connectivity index (χ1) is 12.0. The van der Waals surface area contributed by atoms with Crippen molar-refractivity contribution in [1.82, 2.24) is 0 Å². The molecule has 0 aliphatic rings. The second-order valence-electron chi connectivity index (χ2n) is 6.81. The van der Waals surface area contributed by atoms with Crippen molar-refractivity contribution in [3.05, 3.63) is 35.4 Å². The molecule has 1 atom stereocenters. The topological polar surface area (TPSA) is 74.6 Å². The second kappa shape index (κ2) is 12.5. The molecule has 0 radical (unpaired) electrons. The molecule has 4 nitrogen and oxygen atoms in total. The van der Waals surface area contributed by atoms with E-state index in [0.29, 0.717) is 19.3 Å². The van der Waals surface area contributed by atoms with Gasteiger partial charge in [-0.3, -0.25) is 9.59 Å². The van der Waals surface area contributed by atoms with Crippen molar-refractivity contribution < 1.29 is 19.8 Å². The van der Waals surface area contributed by atoms with E-state index in [9.17, 15) is 14.7 Å². The van der Waals surface area contributed by atoms with E-state index in [2.05, 4.69) is 13.0 Å². The van der Waals surface area contributed by atoms with Gasteiger partial charge in [-0.2, -0.15) is 0 Å². The Morgan fingerprint density at radius 2 is 1.56 bits per heavy atom. The van der Waals surface area contributed by atoms with Crippen LogP contribution in [0.4, 0.5) is 0 Å². The highest BCUT2D eigenvalue weighted by molar-refractivity contribution is 5.71. The van der Waals surface area contributed by atoms with Gasteiger partial charge in [0.1, 0.15) is 0 Å². The van der Waals surface area contributed by atoms with E-state index in [1.807, 2.05) is 18.2 Å². The Morgan fingerprint density at radius 1 is 0.920 bits per heavy atom. The molecule has 0 bridgehead atoms. The largest absolute Gasteiger partial charge is 0.481 e. The van der Waals surface area contributed by atoms with Gasteiger partial charge in [0.25, 0.3) is 0 Å². The zero-order valence-corrected chi connectivity index (χ0v) is 15.4. The van der Waals surface area contributed by atoms with E-state index in [1.165, 1.54) is 37.7 Å². The minimum absolute atomic E-state index is 0.0309. The third kappa shape index (κ3) is 9.28. The quantitative estimate of drug-likeness (QED) is 0.459. The van der Waals surface area contributed by atoms with E-state index in [1.54, 1.807) is 0 Å². The molecule has 1 rings (SSSR count). The van der Waals surface area contributed by atoms with Crippen molar-refractivity contribution in [3.8, 4) is 0 Å². The third-order valence-electron chi connectivity index (χ3n) is 4.68. The average Bonchev–Trinajstić information content (AvgIpc) is 2.57. The Balaban J connectivity index is 2.54. The molecule has 1 aromatic carbocycles. The summed E-state index contributed by atoms with van der Waals surface area (Å²) >= 11 is 0. The van der Waals surface area contributed by atoms with Gasteiger partial charge in [0.15, 0.2) is 0 Å². The molecule has 25 heavy (non-hydrogen) atoms. The number of hydrogen-bond acceptors (Lipinski definition) is 2. The van der Waals surface area contributed by atoms with Crippen molar-refractivity contribution >= 4 is 11.9 Å². The molecular formula is C21H32O4. The number of benzene rings is 1. The predicted molar refractivity (Wildman–Crippen MR) is 99.8 cm³/mol. The van der Waals surface area contributed by atoms with Crippen LogP contribution in [0, 0.1) is 5.92 Å². The van der Waals surface area contributed by atoms with Gasteiger partial charge < -0.3 is 10.2 Å². The van der Waals surface area contributed by atoms with Crippen molar-refractivity contribution in [2.45, 2.75) is 77.6 Å². The van der Waals surface area contributed by atoms with Crippen LogP contribution in [0.3, 0.4) is 0 Å².